The summed E-state index contributed by atoms with van der Waals surface area (Å²) < 4.78 is 108. The smallest absolute Gasteiger partial charge is 0.444 e. The number of hydrogen-bond donors (Lipinski definition) is 3. The van der Waals surface area contributed by atoms with Crippen molar-refractivity contribution in [3.8, 4) is 0 Å². The van der Waals surface area contributed by atoms with Gasteiger partial charge in [0.05, 0.1) is 39.6 Å². The molecule has 0 aromatic carbocycles. The number of unbranched alkanes of at least 4 members (excludes halogenated alkanes) is 24. The molecule has 6 unspecified atom stereocenters. The van der Waals surface area contributed by atoms with Gasteiger partial charge in [0, 0.05) is 24.6 Å². The molecule has 1 aliphatic heterocycles. The number of esters is 4. The van der Waals surface area contributed by atoms with Gasteiger partial charge in [-0.15, -0.1) is 0 Å². The number of rotatable bonds is 48. The molecule has 0 amide bonds. The van der Waals surface area contributed by atoms with E-state index in [-0.39, 0.29) is 37.9 Å². The van der Waals surface area contributed by atoms with Crippen LogP contribution in [0.4, 0.5) is 8.78 Å². The summed E-state index contributed by atoms with van der Waals surface area (Å²) in [4.78, 5) is 96.3. The van der Waals surface area contributed by atoms with E-state index in [9.17, 15) is 61.0 Å². The standard InChI is InChI=1S/C52H90BF2N2O19P3/c1-4-6-8-10-12-14-16-18-20-22-24-26-28-30-46(58)70-39-44(75-49(61)31-29-27-25-23-21-19-17-15-13-11-9-7-5-2)40-71-48(60)35-34-47(59)69-36-37-72-77(64,65)52(54,55)78(66,67)76-79(53,68)73-41-43-32-33-45(74-43)57-38-42(3)50(62)56-51(57)63/h38,43-45H,4-37,39-41H2,1-3H3,(H,64,65)(H,66,67)(H,56,62,63)/q-1. The van der Waals surface area contributed by atoms with Crippen LogP contribution in [0.1, 0.15) is 231 Å². The highest BCUT2D eigenvalue weighted by molar-refractivity contribution is 7.86. The molecule has 1 aromatic heterocycles. The van der Waals surface area contributed by atoms with E-state index in [1.54, 1.807) is 0 Å². The SMILES string of the molecule is [B-]P(=O)(OCC1CCC(n2cc(C)c(=O)[nH]c2=O)O1)OP(=O)(O)C(F)(F)P(=O)(O)OCCOC(=O)CCC(=O)OCC(COC(=O)CCCCCCCCCCCCCCC)OC(=O)CCCCCCCCCCCCCCC. The summed E-state index contributed by atoms with van der Waals surface area (Å²) in [5.41, 5.74) is -1.23. The first-order chi connectivity index (χ1) is 37.5. The van der Waals surface area contributed by atoms with E-state index in [0.717, 1.165) is 55.9 Å². The number of aromatic nitrogens is 2. The van der Waals surface area contributed by atoms with Gasteiger partial charge in [-0.25, -0.2) is 4.79 Å². The first-order valence-corrected chi connectivity index (χ1v) is 33.4. The number of hydrogen-bond acceptors (Lipinski definition) is 17. The number of nitrogens with one attached hydrogen (secondary N) is 1. The molecule has 0 bridgehead atoms. The molecule has 3 radical (unpaired) electrons. The van der Waals surface area contributed by atoms with Crippen LogP contribution in [0.2, 0.25) is 0 Å². The maximum atomic E-state index is 15.0. The number of alkyl halides is 2. The minimum Gasteiger partial charge on any atom is -0.463 e. The van der Waals surface area contributed by atoms with Crippen LogP contribution in [0.3, 0.4) is 0 Å². The number of H-pyrrole nitrogens is 1. The summed E-state index contributed by atoms with van der Waals surface area (Å²) in [6.45, 7) is 2.02. The van der Waals surface area contributed by atoms with Gasteiger partial charge < -0.3 is 54.6 Å². The average Bonchev–Trinajstić information content (AvgIpc) is 3.97. The predicted octanol–water partition coefficient (Wildman–Crippen LogP) is 12.1. The Balaban J connectivity index is 1.78. The number of aryl methyl sites for hydroxylation is 1. The molecule has 1 saturated heterocycles. The van der Waals surface area contributed by atoms with Crippen molar-refractivity contribution < 1.29 is 88.5 Å². The first-order valence-electron chi connectivity index (χ1n) is 28.6. The quantitative estimate of drug-likeness (QED) is 0.0180. The summed E-state index contributed by atoms with van der Waals surface area (Å²) in [6, 6.07) is 0. The molecule has 0 aliphatic carbocycles. The lowest BCUT2D eigenvalue weighted by molar-refractivity contribution is -0.167. The fourth-order valence-corrected chi connectivity index (χ4v) is 13.0. The van der Waals surface area contributed by atoms with Crippen molar-refractivity contribution >= 4 is 54.1 Å². The average molecular weight is 1190 g/mol. The lowest BCUT2D eigenvalue weighted by Crippen LogP contribution is -2.33. The molecule has 21 nitrogen and oxygen atoms in total. The lowest BCUT2D eigenvalue weighted by Gasteiger charge is -2.33. The molecule has 27 heteroatoms. The topological polar surface area (TPSA) is 289 Å². The summed E-state index contributed by atoms with van der Waals surface area (Å²) in [6.07, 6.45) is 27.1. The number of aromatic amines is 1. The Bertz CT molecular complexity index is 2200. The third-order valence-electron chi connectivity index (χ3n) is 13.2. The molecule has 2 heterocycles. The zero-order valence-electron chi connectivity index (χ0n) is 46.9. The van der Waals surface area contributed by atoms with E-state index in [0.29, 0.717) is 12.8 Å². The Hall–Kier alpha value is -3.07. The monoisotopic (exact) mass is 1190 g/mol. The van der Waals surface area contributed by atoms with Crippen molar-refractivity contribution in [1.29, 1.82) is 0 Å². The second-order valence-electron chi connectivity index (χ2n) is 20.3. The molecule has 1 aliphatic rings. The van der Waals surface area contributed by atoms with Gasteiger partial charge in [0.15, 0.2) is 6.10 Å². The first kappa shape index (κ1) is 72.0. The van der Waals surface area contributed by atoms with Crippen LogP contribution in [0.5, 0.6) is 0 Å². The number of nitrogens with zero attached hydrogens (tertiary/aromatic N) is 1. The molecule has 0 saturated carbocycles. The highest BCUT2D eigenvalue weighted by Gasteiger charge is 2.67. The normalized spacial score (nSPS) is 17.3. The van der Waals surface area contributed by atoms with Crippen LogP contribution in [-0.2, 0) is 69.9 Å². The van der Waals surface area contributed by atoms with Gasteiger partial charge in [-0.05, 0) is 32.6 Å². The Morgan fingerprint density at radius 2 is 1.08 bits per heavy atom. The van der Waals surface area contributed by atoms with Gasteiger partial charge in [0.2, 0.25) is 0 Å². The fourth-order valence-electron chi connectivity index (χ4n) is 8.51. The van der Waals surface area contributed by atoms with Gasteiger partial charge in [-0.1, -0.05) is 168 Å². The molecular formula is C52H90BF2N2O19P3-. The second-order valence-corrected chi connectivity index (χ2v) is 26.1. The Morgan fingerprint density at radius 1 is 0.646 bits per heavy atom. The summed E-state index contributed by atoms with van der Waals surface area (Å²) in [5.74, 6) is -3.11. The number of carbonyl (C=O) groups is 4. The highest BCUT2D eigenvalue weighted by Crippen LogP contribution is 2.79. The van der Waals surface area contributed by atoms with Crippen molar-refractivity contribution in [2.75, 3.05) is 33.0 Å². The van der Waals surface area contributed by atoms with Gasteiger partial charge in [-0.3, -0.25) is 47.0 Å². The molecule has 1 aromatic rings. The van der Waals surface area contributed by atoms with E-state index in [1.807, 2.05) is 0 Å². The Kier molecular flexibility index (Phi) is 36.7. The zero-order valence-corrected chi connectivity index (χ0v) is 49.6. The van der Waals surface area contributed by atoms with Crippen molar-refractivity contribution in [3.63, 3.8) is 0 Å². The van der Waals surface area contributed by atoms with Crippen LogP contribution < -0.4 is 11.2 Å². The van der Waals surface area contributed by atoms with Gasteiger partial charge >= 0.3 is 50.2 Å². The maximum absolute atomic E-state index is 15.0. The summed E-state index contributed by atoms with van der Waals surface area (Å²) in [7, 11) is -13.4. The molecule has 6 atom stereocenters. The number of ether oxygens (including phenoxy) is 5. The third kappa shape index (κ3) is 31.3. The van der Waals surface area contributed by atoms with Crippen LogP contribution in [0, 0.1) is 6.92 Å². The largest absolute Gasteiger partial charge is 0.463 e. The van der Waals surface area contributed by atoms with E-state index in [1.165, 1.54) is 116 Å². The zero-order chi connectivity index (χ0) is 58.6. The van der Waals surface area contributed by atoms with Crippen LogP contribution in [0.15, 0.2) is 15.8 Å². The van der Waals surface area contributed by atoms with E-state index in [2.05, 4.69) is 27.7 Å². The van der Waals surface area contributed by atoms with E-state index < -0.39 is 121 Å². The minimum absolute atomic E-state index is 0.109. The molecule has 2 rings (SSSR count). The highest BCUT2D eigenvalue weighted by atomic mass is 31.3. The lowest BCUT2D eigenvalue weighted by atomic mass is 10.0. The molecule has 0 spiro atoms. The molecule has 455 valence electrons. The van der Waals surface area contributed by atoms with Crippen molar-refractivity contribution in [2.45, 2.75) is 250 Å². The predicted molar refractivity (Wildman–Crippen MR) is 293 cm³/mol. The van der Waals surface area contributed by atoms with Gasteiger partial charge in [0.1, 0.15) is 26.0 Å². The molecule has 3 N–H and O–H groups in total. The van der Waals surface area contributed by atoms with E-state index in [4.69, 9.17) is 35.8 Å². The van der Waals surface area contributed by atoms with Gasteiger partial charge in [-0.2, -0.15) is 8.78 Å². The molecule has 1 fully saturated rings. The second kappa shape index (κ2) is 40.2. The van der Waals surface area contributed by atoms with Crippen LogP contribution >= 0.6 is 22.7 Å². The Morgan fingerprint density at radius 3 is 1.56 bits per heavy atom. The van der Waals surface area contributed by atoms with Gasteiger partial charge in [0.25, 0.3) is 5.56 Å². The summed E-state index contributed by atoms with van der Waals surface area (Å²) >= 11 is 0. The minimum atomic E-state index is -6.74. The molecular weight excluding hydrogens is 1100 g/mol. The van der Waals surface area contributed by atoms with Crippen LogP contribution in [0.25, 0.3) is 0 Å². The number of halogens is 2. The number of carbonyl (C=O) groups excluding carboxylic acids is 4. The maximum Gasteiger partial charge on any atom is 0.444 e. The van der Waals surface area contributed by atoms with Crippen molar-refractivity contribution in [1.82, 2.24) is 9.55 Å². The fraction of sp³-hybridized carbons (Fsp3) is 0.846. The Labute approximate surface area is 466 Å². The third-order valence-corrected chi connectivity index (χ3v) is 18.9. The summed E-state index contributed by atoms with van der Waals surface area (Å²) in [5, 5.41) is -5.65. The molecule has 79 heavy (non-hydrogen) atoms. The van der Waals surface area contributed by atoms with Crippen molar-refractivity contribution in [2.24, 2.45) is 0 Å². The van der Waals surface area contributed by atoms with E-state index >= 15 is 0 Å². The van der Waals surface area contributed by atoms with Crippen molar-refractivity contribution in [3.05, 3.63) is 32.6 Å². The van der Waals surface area contributed by atoms with Crippen LogP contribution in [-0.4, -0.2) is 101 Å².